The first-order valence-electron chi connectivity index (χ1n) is 12.8. The molecule has 1 N–H and O–H groups in total. The van der Waals surface area contributed by atoms with Crippen LogP contribution in [0.2, 0.25) is 0 Å². The number of piperidine rings is 2. The number of hydrogen-bond acceptors (Lipinski definition) is 6. The van der Waals surface area contributed by atoms with Crippen molar-refractivity contribution in [1.29, 1.82) is 0 Å². The lowest BCUT2D eigenvalue weighted by molar-refractivity contribution is -0.150. The first-order valence-corrected chi connectivity index (χ1v) is 14.3. The molecule has 0 radical (unpaired) electrons. The van der Waals surface area contributed by atoms with Gasteiger partial charge in [-0.1, -0.05) is 38.0 Å². The van der Waals surface area contributed by atoms with Crippen LogP contribution in [-0.4, -0.2) is 75.3 Å². The Morgan fingerprint density at radius 2 is 1.50 bits per heavy atom. The number of carbonyl (C=O) groups excluding carboxylic acids is 3. The highest BCUT2D eigenvalue weighted by atomic mass is 32.2. The highest BCUT2D eigenvalue weighted by molar-refractivity contribution is 7.89. The van der Waals surface area contributed by atoms with Gasteiger partial charge in [0.05, 0.1) is 17.9 Å². The van der Waals surface area contributed by atoms with Crippen LogP contribution in [0.4, 0.5) is 0 Å². The summed E-state index contributed by atoms with van der Waals surface area (Å²) in [5.74, 6) is -0.903. The molecular formula is C26H39N3O6S. The summed E-state index contributed by atoms with van der Waals surface area (Å²) in [4.78, 5) is 41.9. The molecule has 1 aromatic rings. The molecule has 2 atom stereocenters. The number of amides is 2. The fourth-order valence-corrected chi connectivity index (χ4v) is 6.20. The largest absolute Gasteiger partial charge is 0.469 e. The second-order valence-corrected chi connectivity index (χ2v) is 11.7. The van der Waals surface area contributed by atoms with Crippen LogP contribution in [0, 0.1) is 24.7 Å². The lowest BCUT2D eigenvalue weighted by Crippen LogP contribution is -2.54. The topological polar surface area (TPSA) is 113 Å². The first-order chi connectivity index (χ1) is 17.1. The standard InChI is InChI=1S/C26H39N3O6S/c1-5-19(3)23(27-36(33,34)22-8-6-18(2)7-9-22)25(31)29-14-10-20(11-15-29)24(30)28-16-12-21(13-17-28)26(32)35-4/h6-9,19-21,23,27H,5,10-17H2,1-4H3/t19?,23-/m0/s1. The Kier molecular flexibility index (Phi) is 9.52. The third-order valence-electron chi connectivity index (χ3n) is 7.59. The van der Waals surface area contributed by atoms with Crippen molar-refractivity contribution >= 4 is 27.8 Å². The predicted octanol–water partition coefficient (Wildman–Crippen LogP) is 2.34. The smallest absolute Gasteiger partial charge is 0.308 e. The Bertz CT molecular complexity index is 1030. The second kappa shape index (κ2) is 12.2. The molecule has 2 saturated heterocycles. The highest BCUT2D eigenvalue weighted by Gasteiger charge is 2.37. The van der Waals surface area contributed by atoms with E-state index in [1.807, 2.05) is 25.7 Å². The van der Waals surface area contributed by atoms with E-state index >= 15 is 0 Å². The van der Waals surface area contributed by atoms with Crippen molar-refractivity contribution in [3.63, 3.8) is 0 Å². The van der Waals surface area contributed by atoms with E-state index in [0.29, 0.717) is 58.3 Å². The maximum Gasteiger partial charge on any atom is 0.308 e. The molecule has 2 fully saturated rings. The monoisotopic (exact) mass is 521 g/mol. The molecule has 0 aliphatic carbocycles. The van der Waals surface area contributed by atoms with Gasteiger partial charge in [-0.25, -0.2) is 8.42 Å². The number of rotatable bonds is 8. The molecule has 2 aliphatic rings. The average molecular weight is 522 g/mol. The highest BCUT2D eigenvalue weighted by Crippen LogP contribution is 2.26. The van der Waals surface area contributed by atoms with Crippen LogP contribution in [-0.2, 0) is 29.1 Å². The van der Waals surface area contributed by atoms with E-state index in [1.54, 1.807) is 29.2 Å². The Balaban J connectivity index is 1.59. The summed E-state index contributed by atoms with van der Waals surface area (Å²) in [6, 6.07) is 5.68. The molecule has 200 valence electrons. The van der Waals surface area contributed by atoms with E-state index in [-0.39, 0.29) is 40.4 Å². The van der Waals surface area contributed by atoms with Gasteiger partial charge >= 0.3 is 5.97 Å². The predicted molar refractivity (Wildman–Crippen MR) is 135 cm³/mol. The van der Waals surface area contributed by atoms with Crippen LogP contribution in [0.1, 0.15) is 51.5 Å². The van der Waals surface area contributed by atoms with Crippen molar-refractivity contribution in [2.45, 2.75) is 63.8 Å². The quantitative estimate of drug-likeness (QED) is 0.526. The van der Waals surface area contributed by atoms with Crippen molar-refractivity contribution in [3.8, 4) is 0 Å². The molecule has 9 nitrogen and oxygen atoms in total. The number of carbonyl (C=O) groups is 3. The van der Waals surface area contributed by atoms with Crippen LogP contribution < -0.4 is 4.72 Å². The summed E-state index contributed by atoms with van der Waals surface area (Å²) in [5.41, 5.74) is 0.953. The van der Waals surface area contributed by atoms with Gasteiger partial charge in [0, 0.05) is 32.1 Å². The van der Waals surface area contributed by atoms with E-state index in [4.69, 9.17) is 4.74 Å². The number of esters is 1. The van der Waals surface area contributed by atoms with Crippen LogP contribution in [0.15, 0.2) is 29.2 Å². The Hall–Kier alpha value is -2.46. The van der Waals surface area contributed by atoms with E-state index in [0.717, 1.165) is 5.56 Å². The normalized spacial score (nSPS) is 19.6. The van der Waals surface area contributed by atoms with Crippen LogP contribution in [0.5, 0.6) is 0 Å². The zero-order valence-corrected chi connectivity index (χ0v) is 22.6. The molecule has 0 spiro atoms. The summed E-state index contributed by atoms with van der Waals surface area (Å²) in [5, 5.41) is 0. The number of nitrogens with one attached hydrogen (secondary N) is 1. The Morgan fingerprint density at radius 1 is 0.972 bits per heavy atom. The SMILES string of the molecule is CCC(C)[C@H](NS(=O)(=O)c1ccc(C)cc1)C(=O)N1CCC(C(=O)N2CCC(C(=O)OC)CC2)CC1. The maximum absolute atomic E-state index is 13.4. The summed E-state index contributed by atoms with van der Waals surface area (Å²) in [6.07, 6.45) is 2.93. The minimum absolute atomic E-state index is 0.0731. The zero-order chi connectivity index (χ0) is 26.5. The molecule has 0 saturated carbocycles. The number of sulfonamides is 1. The fraction of sp³-hybridized carbons (Fsp3) is 0.654. The zero-order valence-electron chi connectivity index (χ0n) is 21.7. The van der Waals surface area contributed by atoms with Gasteiger partial charge in [0.25, 0.3) is 0 Å². The number of nitrogens with zero attached hydrogens (tertiary/aromatic N) is 2. The molecular weight excluding hydrogens is 482 g/mol. The molecule has 0 aromatic heterocycles. The van der Waals surface area contributed by atoms with Gasteiger partial charge in [-0.05, 0) is 50.7 Å². The summed E-state index contributed by atoms with van der Waals surface area (Å²) in [7, 11) is -2.47. The van der Waals surface area contributed by atoms with Gasteiger partial charge in [0.1, 0.15) is 6.04 Å². The van der Waals surface area contributed by atoms with Crippen molar-refractivity contribution in [2.75, 3.05) is 33.3 Å². The van der Waals surface area contributed by atoms with Gasteiger partial charge in [0.15, 0.2) is 0 Å². The lowest BCUT2D eigenvalue weighted by Gasteiger charge is -2.38. The molecule has 3 rings (SSSR count). The first kappa shape index (κ1) is 28.1. The third kappa shape index (κ3) is 6.64. The lowest BCUT2D eigenvalue weighted by atomic mass is 9.91. The van der Waals surface area contributed by atoms with E-state index in [9.17, 15) is 22.8 Å². The van der Waals surface area contributed by atoms with Crippen molar-refractivity contribution in [1.82, 2.24) is 14.5 Å². The number of hydrogen-bond donors (Lipinski definition) is 1. The van der Waals surface area contributed by atoms with E-state index in [1.165, 1.54) is 7.11 Å². The number of likely N-dealkylation sites (tertiary alicyclic amines) is 2. The van der Waals surface area contributed by atoms with Gasteiger partial charge in [-0.3, -0.25) is 14.4 Å². The summed E-state index contributed by atoms with van der Waals surface area (Å²) < 4.78 is 33.5. The molecule has 2 amide bonds. The minimum Gasteiger partial charge on any atom is -0.469 e. The molecule has 2 heterocycles. The van der Waals surface area contributed by atoms with Crippen molar-refractivity contribution in [3.05, 3.63) is 29.8 Å². The fourth-order valence-electron chi connectivity index (χ4n) is 4.90. The van der Waals surface area contributed by atoms with Gasteiger partial charge < -0.3 is 14.5 Å². The van der Waals surface area contributed by atoms with Crippen molar-refractivity contribution in [2.24, 2.45) is 17.8 Å². The second-order valence-electron chi connectivity index (χ2n) is 10.0. The Labute approximate surface area is 214 Å². The van der Waals surface area contributed by atoms with Crippen LogP contribution >= 0.6 is 0 Å². The van der Waals surface area contributed by atoms with Gasteiger partial charge in [-0.15, -0.1) is 0 Å². The molecule has 1 aromatic carbocycles. The summed E-state index contributed by atoms with van der Waals surface area (Å²) in [6.45, 7) is 7.57. The number of benzene rings is 1. The van der Waals surface area contributed by atoms with E-state index in [2.05, 4.69) is 4.72 Å². The average Bonchev–Trinajstić information content (AvgIpc) is 2.90. The number of aryl methyl sites for hydroxylation is 1. The van der Waals surface area contributed by atoms with Crippen molar-refractivity contribution < 1.29 is 27.5 Å². The molecule has 2 aliphatic heterocycles. The molecule has 1 unspecified atom stereocenters. The number of ether oxygens (including phenoxy) is 1. The van der Waals surface area contributed by atoms with Gasteiger partial charge in [-0.2, -0.15) is 4.72 Å². The van der Waals surface area contributed by atoms with E-state index < -0.39 is 16.1 Å². The molecule has 36 heavy (non-hydrogen) atoms. The summed E-state index contributed by atoms with van der Waals surface area (Å²) >= 11 is 0. The third-order valence-corrected chi connectivity index (χ3v) is 9.05. The molecule has 0 bridgehead atoms. The molecule has 10 heteroatoms. The van der Waals surface area contributed by atoms with Crippen LogP contribution in [0.25, 0.3) is 0 Å². The minimum atomic E-state index is -3.86. The number of methoxy groups -OCH3 is 1. The van der Waals surface area contributed by atoms with Gasteiger partial charge in [0.2, 0.25) is 21.8 Å². The van der Waals surface area contributed by atoms with Crippen LogP contribution in [0.3, 0.4) is 0 Å². The maximum atomic E-state index is 13.4. The Morgan fingerprint density at radius 3 is 2.03 bits per heavy atom.